The van der Waals surface area contributed by atoms with E-state index in [1.54, 1.807) is 11.1 Å². The second kappa shape index (κ2) is 5.22. The van der Waals surface area contributed by atoms with Crippen LogP contribution in [-0.2, 0) is 25.7 Å². The predicted molar refractivity (Wildman–Crippen MR) is 89.1 cm³/mol. The first-order valence-electron chi connectivity index (χ1n) is 8.27. The van der Waals surface area contributed by atoms with Gasteiger partial charge in [-0.05, 0) is 79.3 Å². The van der Waals surface area contributed by atoms with E-state index in [-0.39, 0.29) is 0 Å². The zero-order valence-electron chi connectivity index (χ0n) is 12.8. The molecule has 1 heteroatoms. The molecule has 4 rings (SSSR count). The van der Waals surface area contributed by atoms with Gasteiger partial charge in [0.2, 0.25) is 0 Å². The molecule has 1 atom stereocenters. The van der Waals surface area contributed by atoms with Crippen LogP contribution in [0.2, 0.25) is 0 Å². The van der Waals surface area contributed by atoms with E-state index in [2.05, 4.69) is 48.6 Å². The molecule has 108 valence electrons. The number of hydrogen-bond donors (Lipinski definition) is 1. The van der Waals surface area contributed by atoms with Crippen molar-refractivity contribution in [2.45, 2.75) is 51.5 Å². The molecule has 2 aromatic carbocycles. The number of hydrogen-bond acceptors (Lipinski definition) is 1. The first-order valence-corrected chi connectivity index (χ1v) is 8.27. The Balaban J connectivity index is 1.57. The van der Waals surface area contributed by atoms with Crippen molar-refractivity contribution in [2.24, 2.45) is 0 Å². The summed E-state index contributed by atoms with van der Waals surface area (Å²) in [5.41, 5.74) is 8.90. The van der Waals surface area contributed by atoms with Crippen LogP contribution >= 0.6 is 0 Å². The number of rotatable bonds is 2. The normalized spacial score (nSPS) is 19.8. The lowest BCUT2D eigenvalue weighted by atomic mass is 9.94. The maximum Gasteiger partial charge on any atom is 0.0374 e. The Hall–Kier alpha value is -1.76. The Bertz CT molecular complexity index is 672. The van der Waals surface area contributed by atoms with Crippen molar-refractivity contribution >= 4 is 5.69 Å². The lowest BCUT2D eigenvalue weighted by molar-refractivity contribution is 0.680. The molecule has 1 heterocycles. The molecule has 1 unspecified atom stereocenters. The van der Waals surface area contributed by atoms with E-state index >= 15 is 0 Å². The molecule has 1 aliphatic carbocycles. The van der Waals surface area contributed by atoms with Gasteiger partial charge in [-0.1, -0.05) is 30.3 Å². The smallest absolute Gasteiger partial charge is 0.0374 e. The third-order valence-electron chi connectivity index (χ3n) is 4.99. The van der Waals surface area contributed by atoms with E-state index in [4.69, 9.17) is 0 Å². The van der Waals surface area contributed by atoms with E-state index in [1.165, 1.54) is 54.5 Å². The van der Waals surface area contributed by atoms with Crippen molar-refractivity contribution in [3.8, 4) is 0 Å². The molecule has 0 spiro atoms. The fraction of sp³-hybridized carbons (Fsp3) is 0.400. The van der Waals surface area contributed by atoms with Gasteiger partial charge in [-0.3, -0.25) is 0 Å². The summed E-state index contributed by atoms with van der Waals surface area (Å²) in [5.74, 6) is 0. The highest BCUT2D eigenvalue weighted by molar-refractivity contribution is 5.55. The Morgan fingerprint density at radius 3 is 2.57 bits per heavy atom. The molecule has 0 fully saturated rings. The molecule has 0 bridgehead atoms. The molecule has 0 aromatic heterocycles. The Morgan fingerprint density at radius 1 is 0.905 bits per heavy atom. The molecule has 0 radical (unpaired) electrons. The number of benzene rings is 2. The van der Waals surface area contributed by atoms with E-state index in [1.807, 2.05) is 0 Å². The summed E-state index contributed by atoms with van der Waals surface area (Å²) < 4.78 is 0. The van der Waals surface area contributed by atoms with Gasteiger partial charge in [0.1, 0.15) is 0 Å². The molecule has 0 amide bonds. The van der Waals surface area contributed by atoms with Crippen LogP contribution in [0.3, 0.4) is 0 Å². The highest BCUT2D eigenvalue weighted by Gasteiger charge is 2.15. The Labute approximate surface area is 127 Å². The lowest BCUT2D eigenvalue weighted by Crippen LogP contribution is -2.21. The van der Waals surface area contributed by atoms with Crippen LogP contribution in [0.4, 0.5) is 5.69 Å². The summed E-state index contributed by atoms with van der Waals surface area (Å²) in [6, 6.07) is 14.7. The minimum absolute atomic E-state index is 0.611. The van der Waals surface area contributed by atoms with Crippen molar-refractivity contribution in [3.05, 3.63) is 64.2 Å². The summed E-state index contributed by atoms with van der Waals surface area (Å²) in [6.45, 7) is 2.27. The molecule has 1 aliphatic heterocycles. The zero-order chi connectivity index (χ0) is 14.2. The van der Waals surface area contributed by atoms with E-state index in [0.29, 0.717) is 6.04 Å². The van der Waals surface area contributed by atoms with Crippen LogP contribution in [0.1, 0.15) is 47.6 Å². The number of anilines is 1. The van der Waals surface area contributed by atoms with E-state index < -0.39 is 0 Å². The fourth-order valence-electron chi connectivity index (χ4n) is 3.79. The molecular formula is C20H23N. The third kappa shape index (κ3) is 2.57. The van der Waals surface area contributed by atoms with Crippen LogP contribution in [0.5, 0.6) is 0 Å². The van der Waals surface area contributed by atoms with Crippen LogP contribution < -0.4 is 5.32 Å². The molecule has 1 nitrogen and oxygen atoms in total. The minimum atomic E-state index is 0.611. The molecule has 1 N–H and O–H groups in total. The molecular weight excluding hydrogens is 254 g/mol. The first-order chi connectivity index (χ1) is 10.3. The quantitative estimate of drug-likeness (QED) is 0.851. The number of fused-ring (bicyclic) bond motifs is 2. The van der Waals surface area contributed by atoms with Gasteiger partial charge in [0.25, 0.3) is 0 Å². The molecule has 2 aromatic rings. The number of nitrogens with one attached hydrogen (secondary N) is 1. The van der Waals surface area contributed by atoms with Gasteiger partial charge < -0.3 is 5.32 Å². The highest BCUT2D eigenvalue weighted by Crippen LogP contribution is 2.28. The van der Waals surface area contributed by atoms with E-state index in [0.717, 1.165) is 6.42 Å². The second-order valence-corrected chi connectivity index (χ2v) is 6.71. The van der Waals surface area contributed by atoms with Gasteiger partial charge >= 0.3 is 0 Å². The SMILES string of the molecule is CC1CCc2cc(Cc3ccc4c(c3)CCC4)ccc2N1. The van der Waals surface area contributed by atoms with Crippen molar-refractivity contribution in [2.75, 3.05) is 5.32 Å². The van der Waals surface area contributed by atoms with Gasteiger partial charge in [0, 0.05) is 11.7 Å². The summed E-state index contributed by atoms with van der Waals surface area (Å²) in [6.07, 6.45) is 7.40. The second-order valence-electron chi connectivity index (χ2n) is 6.71. The van der Waals surface area contributed by atoms with Gasteiger partial charge in [-0.2, -0.15) is 0 Å². The van der Waals surface area contributed by atoms with Crippen molar-refractivity contribution < 1.29 is 0 Å². The Morgan fingerprint density at radius 2 is 1.67 bits per heavy atom. The van der Waals surface area contributed by atoms with Crippen LogP contribution in [-0.4, -0.2) is 6.04 Å². The van der Waals surface area contributed by atoms with Crippen molar-refractivity contribution in [3.63, 3.8) is 0 Å². The van der Waals surface area contributed by atoms with Crippen LogP contribution in [0, 0.1) is 0 Å². The van der Waals surface area contributed by atoms with Crippen molar-refractivity contribution in [1.29, 1.82) is 0 Å². The first kappa shape index (κ1) is 12.9. The summed E-state index contributed by atoms with van der Waals surface area (Å²) in [5, 5.41) is 3.58. The summed E-state index contributed by atoms with van der Waals surface area (Å²) in [7, 11) is 0. The summed E-state index contributed by atoms with van der Waals surface area (Å²) >= 11 is 0. The van der Waals surface area contributed by atoms with Gasteiger partial charge in [-0.25, -0.2) is 0 Å². The maximum absolute atomic E-state index is 3.58. The van der Waals surface area contributed by atoms with Gasteiger partial charge in [0.15, 0.2) is 0 Å². The monoisotopic (exact) mass is 277 g/mol. The van der Waals surface area contributed by atoms with Gasteiger partial charge in [-0.15, -0.1) is 0 Å². The maximum atomic E-state index is 3.58. The lowest BCUT2D eigenvalue weighted by Gasteiger charge is -2.24. The van der Waals surface area contributed by atoms with E-state index in [9.17, 15) is 0 Å². The highest BCUT2D eigenvalue weighted by atomic mass is 14.9. The molecule has 2 aliphatic rings. The van der Waals surface area contributed by atoms with Crippen LogP contribution in [0.25, 0.3) is 0 Å². The predicted octanol–water partition coefficient (Wildman–Crippen LogP) is 4.51. The van der Waals surface area contributed by atoms with Crippen LogP contribution in [0.15, 0.2) is 36.4 Å². The topological polar surface area (TPSA) is 12.0 Å². The standard InChI is InChI=1S/C20H23N/c1-14-5-8-19-13-16(7-10-20(19)21-14)11-15-6-9-17-3-2-4-18(17)12-15/h6-7,9-10,12-14,21H,2-5,8,11H2,1H3. The molecule has 0 saturated heterocycles. The van der Waals surface area contributed by atoms with Gasteiger partial charge in [0.05, 0.1) is 0 Å². The Kier molecular flexibility index (Phi) is 3.21. The number of aryl methyl sites for hydroxylation is 3. The molecule has 0 saturated carbocycles. The largest absolute Gasteiger partial charge is 0.382 e. The van der Waals surface area contributed by atoms with Crippen molar-refractivity contribution in [1.82, 2.24) is 0 Å². The molecule has 21 heavy (non-hydrogen) atoms. The average Bonchev–Trinajstić information content (AvgIpc) is 2.95. The minimum Gasteiger partial charge on any atom is -0.382 e. The average molecular weight is 277 g/mol. The summed E-state index contributed by atoms with van der Waals surface area (Å²) in [4.78, 5) is 0. The zero-order valence-corrected chi connectivity index (χ0v) is 12.8. The third-order valence-corrected chi connectivity index (χ3v) is 4.99. The fourth-order valence-corrected chi connectivity index (χ4v) is 3.79.